The molecule has 0 aliphatic rings. The molecule has 0 fully saturated rings. The van der Waals surface area contributed by atoms with E-state index in [0.717, 1.165) is 5.56 Å². The first kappa shape index (κ1) is 8.48. The molecule has 0 aliphatic carbocycles. The van der Waals surface area contributed by atoms with Crippen LogP contribution in [0.25, 0.3) is 0 Å². The van der Waals surface area contributed by atoms with E-state index in [2.05, 4.69) is 5.43 Å². The Labute approximate surface area is 69.3 Å². The summed E-state index contributed by atoms with van der Waals surface area (Å²) in [5.74, 6) is 5.13. The van der Waals surface area contributed by atoms with Crippen LogP contribution in [-0.2, 0) is 0 Å². The number of hydrazine groups is 1. The maximum atomic E-state index is 10.4. The third-order valence-electron chi connectivity index (χ3n) is 1.59. The van der Waals surface area contributed by atoms with Gasteiger partial charge in [0, 0.05) is 6.07 Å². The van der Waals surface area contributed by atoms with Crippen molar-refractivity contribution in [2.45, 2.75) is 6.92 Å². The van der Waals surface area contributed by atoms with Crippen molar-refractivity contribution in [3.63, 3.8) is 0 Å². The number of anilines is 1. The lowest BCUT2D eigenvalue weighted by atomic mass is 10.2. The lowest BCUT2D eigenvalue weighted by Crippen LogP contribution is -2.10. The maximum Gasteiger partial charge on any atom is 0.293 e. The molecule has 0 amide bonds. The zero-order valence-electron chi connectivity index (χ0n) is 6.57. The SMILES string of the molecule is Cc1cccc([N+](=O)[O-])c1NN. The first-order valence-corrected chi connectivity index (χ1v) is 3.37. The third kappa shape index (κ3) is 1.35. The summed E-state index contributed by atoms with van der Waals surface area (Å²) >= 11 is 0. The fraction of sp³-hybridized carbons (Fsp3) is 0.143. The van der Waals surface area contributed by atoms with Gasteiger partial charge in [-0.25, -0.2) is 0 Å². The molecule has 0 aromatic heterocycles. The highest BCUT2D eigenvalue weighted by atomic mass is 16.6. The topological polar surface area (TPSA) is 81.2 Å². The molecule has 0 bridgehead atoms. The highest BCUT2D eigenvalue weighted by molar-refractivity contribution is 5.65. The van der Waals surface area contributed by atoms with Crippen molar-refractivity contribution >= 4 is 11.4 Å². The van der Waals surface area contributed by atoms with E-state index in [4.69, 9.17) is 5.84 Å². The standard InChI is InChI=1S/C7H9N3O2/c1-5-3-2-4-6(10(11)12)7(5)9-8/h2-4,9H,8H2,1H3. The zero-order chi connectivity index (χ0) is 9.14. The van der Waals surface area contributed by atoms with Crippen LogP contribution in [0.15, 0.2) is 18.2 Å². The molecule has 0 heterocycles. The van der Waals surface area contributed by atoms with Crippen molar-refractivity contribution in [1.82, 2.24) is 0 Å². The van der Waals surface area contributed by atoms with E-state index in [-0.39, 0.29) is 5.69 Å². The van der Waals surface area contributed by atoms with Gasteiger partial charge in [-0.1, -0.05) is 12.1 Å². The van der Waals surface area contributed by atoms with Crippen molar-refractivity contribution < 1.29 is 4.92 Å². The average molecular weight is 167 g/mol. The molecule has 1 aromatic rings. The van der Waals surface area contributed by atoms with E-state index in [9.17, 15) is 10.1 Å². The number of aryl methyl sites for hydroxylation is 1. The molecule has 0 unspecified atom stereocenters. The summed E-state index contributed by atoms with van der Waals surface area (Å²) in [5, 5.41) is 10.4. The number of rotatable bonds is 2. The van der Waals surface area contributed by atoms with E-state index in [1.54, 1.807) is 19.1 Å². The smallest absolute Gasteiger partial charge is 0.293 e. The molecular formula is C7H9N3O2. The highest BCUT2D eigenvalue weighted by Gasteiger charge is 2.13. The Bertz CT molecular complexity index is 312. The summed E-state index contributed by atoms with van der Waals surface area (Å²) in [6, 6.07) is 4.78. The molecule has 0 atom stereocenters. The van der Waals surface area contributed by atoms with Gasteiger partial charge in [-0.15, -0.1) is 0 Å². The number of nitrogens with one attached hydrogen (secondary N) is 1. The summed E-state index contributed by atoms with van der Waals surface area (Å²) in [6.07, 6.45) is 0. The molecule has 5 nitrogen and oxygen atoms in total. The number of para-hydroxylation sites is 1. The molecule has 0 radical (unpaired) electrons. The van der Waals surface area contributed by atoms with Gasteiger partial charge in [0.05, 0.1) is 4.92 Å². The molecule has 1 rings (SSSR count). The Balaban J connectivity index is 3.27. The van der Waals surface area contributed by atoms with Crippen molar-refractivity contribution in [3.05, 3.63) is 33.9 Å². The summed E-state index contributed by atoms with van der Waals surface area (Å²) in [6.45, 7) is 1.75. The number of benzene rings is 1. The number of nitrogens with two attached hydrogens (primary N) is 1. The van der Waals surface area contributed by atoms with Crippen LogP contribution < -0.4 is 11.3 Å². The maximum absolute atomic E-state index is 10.4. The predicted octanol–water partition coefficient (Wildman–Crippen LogP) is 1.19. The molecule has 0 aliphatic heterocycles. The van der Waals surface area contributed by atoms with E-state index in [1.807, 2.05) is 0 Å². The Morgan fingerprint density at radius 2 is 2.25 bits per heavy atom. The van der Waals surface area contributed by atoms with Gasteiger partial charge >= 0.3 is 0 Å². The second-order valence-electron chi connectivity index (χ2n) is 2.37. The molecular weight excluding hydrogens is 158 g/mol. The minimum atomic E-state index is -0.470. The predicted molar refractivity (Wildman–Crippen MR) is 45.6 cm³/mol. The normalized spacial score (nSPS) is 9.50. The van der Waals surface area contributed by atoms with Crippen LogP contribution in [0.1, 0.15) is 5.56 Å². The first-order valence-electron chi connectivity index (χ1n) is 3.37. The first-order chi connectivity index (χ1) is 5.66. The van der Waals surface area contributed by atoms with E-state index in [1.165, 1.54) is 6.07 Å². The van der Waals surface area contributed by atoms with Crippen LogP contribution in [0.3, 0.4) is 0 Å². The Kier molecular flexibility index (Phi) is 2.25. The molecule has 5 heteroatoms. The van der Waals surface area contributed by atoms with Crippen molar-refractivity contribution in [2.24, 2.45) is 5.84 Å². The fourth-order valence-corrected chi connectivity index (χ4v) is 0.992. The Morgan fingerprint density at radius 3 is 2.67 bits per heavy atom. The van der Waals surface area contributed by atoms with Gasteiger partial charge in [0.1, 0.15) is 5.69 Å². The summed E-state index contributed by atoms with van der Waals surface area (Å²) in [4.78, 5) is 9.97. The minimum Gasteiger partial charge on any atom is -0.318 e. The van der Waals surface area contributed by atoms with E-state index < -0.39 is 4.92 Å². The lowest BCUT2D eigenvalue weighted by molar-refractivity contribution is -0.384. The fourth-order valence-electron chi connectivity index (χ4n) is 0.992. The number of nitro benzene ring substituents is 1. The van der Waals surface area contributed by atoms with Crippen LogP contribution in [-0.4, -0.2) is 4.92 Å². The van der Waals surface area contributed by atoms with E-state index >= 15 is 0 Å². The van der Waals surface area contributed by atoms with Crippen LogP contribution in [0.5, 0.6) is 0 Å². The highest BCUT2D eigenvalue weighted by Crippen LogP contribution is 2.25. The molecule has 0 saturated carbocycles. The average Bonchev–Trinajstić information content (AvgIpc) is 2.03. The molecule has 3 N–H and O–H groups in total. The van der Waals surface area contributed by atoms with Gasteiger partial charge in [0.15, 0.2) is 0 Å². The molecule has 64 valence electrons. The van der Waals surface area contributed by atoms with Gasteiger partial charge in [-0.05, 0) is 12.5 Å². The number of nitrogens with zero attached hydrogens (tertiary/aromatic N) is 1. The van der Waals surface area contributed by atoms with Crippen LogP contribution in [0.2, 0.25) is 0 Å². The second-order valence-corrected chi connectivity index (χ2v) is 2.37. The molecule has 12 heavy (non-hydrogen) atoms. The van der Waals surface area contributed by atoms with Crippen LogP contribution >= 0.6 is 0 Å². The Hall–Kier alpha value is -1.62. The lowest BCUT2D eigenvalue weighted by Gasteiger charge is -2.03. The third-order valence-corrected chi connectivity index (χ3v) is 1.59. The summed E-state index contributed by atoms with van der Waals surface area (Å²) in [7, 11) is 0. The van der Waals surface area contributed by atoms with Crippen LogP contribution in [0.4, 0.5) is 11.4 Å². The Morgan fingerprint density at radius 1 is 1.58 bits per heavy atom. The summed E-state index contributed by atoms with van der Waals surface area (Å²) in [5.41, 5.74) is 3.42. The van der Waals surface area contributed by atoms with Gasteiger partial charge < -0.3 is 5.43 Å². The molecule has 1 aromatic carbocycles. The van der Waals surface area contributed by atoms with Crippen molar-refractivity contribution in [3.8, 4) is 0 Å². The van der Waals surface area contributed by atoms with Gasteiger partial charge in [-0.3, -0.25) is 16.0 Å². The van der Waals surface area contributed by atoms with Crippen molar-refractivity contribution in [1.29, 1.82) is 0 Å². The monoisotopic (exact) mass is 167 g/mol. The van der Waals surface area contributed by atoms with Crippen LogP contribution in [0, 0.1) is 17.0 Å². The number of hydrogen-bond donors (Lipinski definition) is 2. The van der Waals surface area contributed by atoms with Crippen molar-refractivity contribution in [2.75, 3.05) is 5.43 Å². The minimum absolute atomic E-state index is 0.00231. The zero-order valence-corrected chi connectivity index (χ0v) is 6.57. The summed E-state index contributed by atoms with van der Waals surface area (Å²) < 4.78 is 0. The van der Waals surface area contributed by atoms with E-state index in [0.29, 0.717) is 5.69 Å². The second kappa shape index (κ2) is 3.19. The number of nitro groups is 1. The molecule has 0 saturated heterocycles. The van der Waals surface area contributed by atoms with Gasteiger partial charge in [-0.2, -0.15) is 0 Å². The van der Waals surface area contributed by atoms with Gasteiger partial charge in [0.2, 0.25) is 0 Å². The van der Waals surface area contributed by atoms with Gasteiger partial charge in [0.25, 0.3) is 5.69 Å². The number of nitrogen functional groups attached to an aromatic ring is 1. The largest absolute Gasteiger partial charge is 0.318 e. The number of hydrogen-bond acceptors (Lipinski definition) is 4. The molecule has 0 spiro atoms. The quantitative estimate of drug-likeness (QED) is 0.394.